The number of nitrogens with zero attached hydrogens (tertiary/aromatic N) is 3. The number of carboxylic acid groups (broad SMARTS) is 1. The molecule has 0 radical (unpaired) electrons. The van der Waals surface area contributed by atoms with Gasteiger partial charge in [0.1, 0.15) is 18.1 Å². The molecule has 1 fully saturated rings. The van der Waals surface area contributed by atoms with Gasteiger partial charge in [-0.05, 0) is 43.0 Å². The molecule has 1 atom stereocenters. The zero-order valence-corrected chi connectivity index (χ0v) is 17.5. The Morgan fingerprint density at radius 1 is 1.28 bits per heavy atom. The molecule has 2 aliphatic rings. The normalized spacial score (nSPS) is 17.5. The summed E-state index contributed by atoms with van der Waals surface area (Å²) in [6, 6.07) is 3.09. The van der Waals surface area contributed by atoms with Crippen LogP contribution in [0.1, 0.15) is 12.0 Å². The molecule has 3 aromatic rings. The van der Waals surface area contributed by atoms with Gasteiger partial charge in [0.05, 0.1) is 11.7 Å². The number of nitrogens with two attached hydrogens (primary N) is 1. The summed E-state index contributed by atoms with van der Waals surface area (Å²) in [6.07, 6.45) is 2.61. The van der Waals surface area contributed by atoms with E-state index in [2.05, 4.69) is 20.6 Å². The smallest absolute Gasteiger partial charge is 0.413 e. The van der Waals surface area contributed by atoms with E-state index in [1.165, 1.54) is 11.1 Å². The Kier molecular flexibility index (Phi) is 4.93. The molecule has 2 aliphatic heterocycles. The molecule has 0 aliphatic carbocycles. The maximum Gasteiger partial charge on any atom is 0.413 e. The minimum atomic E-state index is -1.08. The Morgan fingerprint density at radius 2 is 2.12 bits per heavy atom. The van der Waals surface area contributed by atoms with Gasteiger partial charge in [-0.2, -0.15) is 0 Å². The van der Waals surface area contributed by atoms with Gasteiger partial charge >= 0.3 is 6.09 Å². The monoisotopic (exact) mass is 438 g/mol. The minimum absolute atomic E-state index is 0.0395. The van der Waals surface area contributed by atoms with Crippen LogP contribution in [0.5, 0.6) is 5.88 Å². The predicted molar refractivity (Wildman–Crippen MR) is 120 cm³/mol. The second kappa shape index (κ2) is 7.79. The molecule has 1 unspecified atom stereocenters. The van der Waals surface area contributed by atoms with Crippen molar-refractivity contribution in [2.75, 3.05) is 42.2 Å². The van der Waals surface area contributed by atoms with Gasteiger partial charge in [-0.3, -0.25) is 4.90 Å². The highest BCUT2D eigenvalue weighted by molar-refractivity contribution is 5.99. The molecule has 0 saturated carbocycles. The Morgan fingerprint density at radius 3 is 2.88 bits per heavy atom. The molecule has 5 N–H and O–H groups in total. The highest BCUT2D eigenvalue weighted by Crippen LogP contribution is 2.40. The number of fused-ring (bicyclic) bond motifs is 2. The first kappa shape index (κ1) is 20.3. The minimum Gasteiger partial charge on any atom is -0.474 e. The lowest BCUT2D eigenvalue weighted by Crippen LogP contribution is -2.41. The molecule has 1 amide bonds. The van der Waals surface area contributed by atoms with Crippen LogP contribution in [0, 0.1) is 12.7 Å². The molecule has 5 rings (SSSR count). The lowest BCUT2D eigenvalue weighted by Gasteiger charge is -2.25. The molecule has 9 nitrogen and oxygen atoms in total. The van der Waals surface area contributed by atoms with E-state index in [0.717, 1.165) is 17.8 Å². The quantitative estimate of drug-likeness (QED) is 0.460. The number of carbonyl (C=O) groups is 1. The van der Waals surface area contributed by atoms with Crippen molar-refractivity contribution in [2.24, 2.45) is 0 Å². The van der Waals surface area contributed by atoms with Gasteiger partial charge in [-0.25, -0.2) is 19.2 Å². The second-order valence-corrected chi connectivity index (χ2v) is 7.97. The van der Waals surface area contributed by atoms with Gasteiger partial charge in [0.25, 0.3) is 0 Å². The summed E-state index contributed by atoms with van der Waals surface area (Å²) in [5.74, 6) is 0.204. The third-order valence-electron chi connectivity index (χ3n) is 6.07. The van der Waals surface area contributed by atoms with Crippen LogP contribution < -0.4 is 26.0 Å². The van der Waals surface area contributed by atoms with Crippen molar-refractivity contribution >= 4 is 34.1 Å². The van der Waals surface area contributed by atoms with E-state index in [4.69, 9.17) is 10.5 Å². The van der Waals surface area contributed by atoms with Crippen molar-refractivity contribution in [3.8, 4) is 17.0 Å². The maximum atomic E-state index is 15.3. The lowest BCUT2D eigenvalue weighted by molar-refractivity contribution is 0.199. The van der Waals surface area contributed by atoms with E-state index >= 15 is 4.39 Å². The number of hydrogen-bond donors (Lipinski definition) is 4. The van der Waals surface area contributed by atoms with Crippen LogP contribution in [0.3, 0.4) is 0 Å². The predicted octanol–water partition coefficient (Wildman–Crippen LogP) is 2.98. The zero-order chi connectivity index (χ0) is 22.4. The summed E-state index contributed by atoms with van der Waals surface area (Å²) in [5.41, 5.74) is 8.50. The highest BCUT2D eigenvalue weighted by atomic mass is 19.1. The molecule has 0 spiro atoms. The first-order valence-corrected chi connectivity index (χ1v) is 10.4. The Balaban J connectivity index is 1.65. The van der Waals surface area contributed by atoms with E-state index < -0.39 is 11.9 Å². The van der Waals surface area contributed by atoms with Gasteiger partial charge in [-0.15, -0.1) is 0 Å². The molecule has 1 saturated heterocycles. The number of pyridine rings is 2. The number of halogens is 1. The van der Waals surface area contributed by atoms with Gasteiger partial charge in [0.2, 0.25) is 5.88 Å². The largest absolute Gasteiger partial charge is 0.474 e. The summed E-state index contributed by atoms with van der Waals surface area (Å²) in [4.78, 5) is 21.8. The summed E-state index contributed by atoms with van der Waals surface area (Å²) < 4.78 is 20.9. The number of nitrogen functional groups attached to an aromatic ring is 1. The van der Waals surface area contributed by atoms with Crippen LogP contribution >= 0.6 is 0 Å². The first-order chi connectivity index (χ1) is 15.5. The van der Waals surface area contributed by atoms with E-state index in [0.29, 0.717) is 48.3 Å². The van der Waals surface area contributed by atoms with Gasteiger partial charge < -0.3 is 26.2 Å². The molecular weight excluding hydrogens is 415 g/mol. The molecule has 32 heavy (non-hydrogen) atoms. The fourth-order valence-electron chi connectivity index (χ4n) is 4.41. The fraction of sp³-hybridized carbons (Fsp3) is 0.318. The summed E-state index contributed by atoms with van der Waals surface area (Å²) >= 11 is 0. The summed E-state index contributed by atoms with van der Waals surface area (Å²) in [5, 5.41) is 17.2. The zero-order valence-electron chi connectivity index (χ0n) is 17.5. The van der Waals surface area contributed by atoms with Crippen molar-refractivity contribution in [3.63, 3.8) is 0 Å². The van der Waals surface area contributed by atoms with Gasteiger partial charge in [-0.1, -0.05) is 0 Å². The number of amides is 1. The number of aromatic nitrogens is 2. The molecule has 0 bridgehead atoms. The maximum absolute atomic E-state index is 15.3. The Bertz CT molecular complexity index is 1230. The summed E-state index contributed by atoms with van der Waals surface area (Å²) in [7, 11) is 0. The van der Waals surface area contributed by atoms with E-state index in [9.17, 15) is 9.90 Å². The van der Waals surface area contributed by atoms with Gasteiger partial charge in [0.15, 0.2) is 5.82 Å². The number of anilines is 3. The number of hydrogen-bond acceptors (Lipinski definition) is 7. The van der Waals surface area contributed by atoms with E-state index in [1.807, 2.05) is 6.92 Å². The molecule has 1 aromatic carbocycles. The van der Waals surface area contributed by atoms with Crippen LogP contribution in [0.25, 0.3) is 21.9 Å². The molecule has 166 valence electrons. The van der Waals surface area contributed by atoms with Crippen LogP contribution in [0.15, 0.2) is 24.5 Å². The van der Waals surface area contributed by atoms with Crippen molar-refractivity contribution in [1.29, 1.82) is 0 Å². The SMILES string of the molecule is Cc1c(-c2cc3cc(N(C(=O)O)C4CCNC4)ncc3c(N)c2F)cnc2c1NCCO2. The molecule has 4 heterocycles. The molecular formula is C22H23FN6O3. The number of ether oxygens (including phenoxy) is 1. The van der Waals surface area contributed by atoms with E-state index in [1.54, 1.807) is 18.3 Å². The lowest BCUT2D eigenvalue weighted by atomic mass is 9.97. The second-order valence-electron chi connectivity index (χ2n) is 7.97. The van der Waals surface area contributed by atoms with Crippen molar-refractivity contribution in [1.82, 2.24) is 15.3 Å². The standard InChI is InChI=1S/C22H23FN6O3/c1-11-15(9-28-21-20(11)26-4-5-32-21)14-6-12-7-17(27-10-16(12)19(24)18(14)23)29(22(30)31)13-2-3-25-8-13/h6-7,9-10,13,25-26H,2-5,8,24H2,1H3,(H,30,31). The fourth-order valence-corrected chi connectivity index (χ4v) is 4.41. The van der Waals surface area contributed by atoms with Crippen LogP contribution in [0.4, 0.5) is 26.4 Å². The number of rotatable bonds is 3. The van der Waals surface area contributed by atoms with Crippen LogP contribution in [-0.2, 0) is 0 Å². The summed E-state index contributed by atoms with van der Waals surface area (Å²) in [6.45, 7) is 4.32. The van der Waals surface area contributed by atoms with E-state index in [-0.39, 0.29) is 23.1 Å². The van der Waals surface area contributed by atoms with Crippen molar-refractivity contribution in [3.05, 3.63) is 35.9 Å². The molecule has 10 heteroatoms. The number of nitrogens with one attached hydrogen (secondary N) is 2. The third-order valence-corrected chi connectivity index (χ3v) is 6.07. The van der Waals surface area contributed by atoms with Crippen molar-refractivity contribution in [2.45, 2.75) is 19.4 Å². The van der Waals surface area contributed by atoms with Crippen LogP contribution in [0.2, 0.25) is 0 Å². The average Bonchev–Trinajstić information content (AvgIpc) is 3.31. The Hall–Kier alpha value is -3.66. The first-order valence-electron chi connectivity index (χ1n) is 10.4. The molecule has 2 aromatic heterocycles. The van der Waals surface area contributed by atoms with Crippen molar-refractivity contribution < 1.29 is 19.0 Å². The average molecular weight is 438 g/mol. The van der Waals surface area contributed by atoms with Crippen LogP contribution in [-0.4, -0.2) is 53.5 Å². The highest BCUT2D eigenvalue weighted by Gasteiger charge is 2.29. The topological polar surface area (TPSA) is 126 Å². The van der Waals surface area contributed by atoms with Gasteiger partial charge in [0, 0.05) is 42.0 Å². The Labute approximate surface area is 183 Å². The third kappa shape index (κ3) is 3.23. The number of benzene rings is 1.